The van der Waals surface area contributed by atoms with Crippen molar-refractivity contribution in [2.24, 2.45) is 0 Å². The van der Waals surface area contributed by atoms with Crippen LogP contribution >= 0.6 is 11.6 Å². The SMILES string of the molecule is COc1ccc(CN2CCc3nc(Cl)cc4c3c2nn4C(c2ccccc2)(c2ccccc2)c2ccccc2)cc1. The summed E-state index contributed by atoms with van der Waals surface area (Å²) < 4.78 is 7.56. The van der Waals surface area contributed by atoms with Crippen LogP contribution in [0.15, 0.2) is 121 Å². The number of pyridine rings is 1. The van der Waals surface area contributed by atoms with Crippen LogP contribution in [0, 0.1) is 0 Å². The second kappa shape index (κ2) is 10.4. The van der Waals surface area contributed by atoms with Crippen LogP contribution in [0.5, 0.6) is 5.75 Å². The highest BCUT2D eigenvalue weighted by molar-refractivity contribution is 6.30. The van der Waals surface area contributed by atoms with Crippen molar-refractivity contribution in [2.45, 2.75) is 18.5 Å². The number of benzene rings is 4. The van der Waals surface area contributed by atoms with Gasteiger partial charge >= 0.3 is 0 Å². The Morgan fingerprint density at radius 3 is 1.88 bits per heavy atom. The molecule has 7 rings (SSSR count). The van der Waals surface area contributed by atoms with E-state index in [1.54, 1.807) is 7.11 Å². The average molecular weight is 557 g/mol. The molecule has 0 bridgehead atoms. The first-order chi connectivity index (χ1) is 20.2. The van der Waals surface area contributed by atoms with Gasteiger partial charge in [0.05, 0.1) is 23.7 Å². The first-order valence-electron chi connectivity index (χ1n) is 13.8. The molecule has 0 saturated heterocycles. The third-order valence-electron chi connectivity index (χ3n) is 8.03. The van der Waals surface area contributed by atoms with E-state index in [-0.39, 0.29) is 0 Å². The van der Waals surface area contributed by atoms with Crippen LogP contribution in [0.3, 0.4) is 0 Å². The van der Waals surface area contributed by atoms with E-state index in [4.69, 9.17) is 26.4 Å². The molecule has 0 amide bonds. The maximum atomic E-state index is 6.71. The number of anilines is 1. The summed E-state index contributed by atoms with van der Waals surface area (Å²) in [4.78, 5) is 7.13. The molecule has 6 heteroatoms. The van der Waals surface area contributed by atoms with Crippen LogP contribution in [-0.2, 0) is 18.5 Å². The molecule has 1 aliphatic rings. The summed E-state index contributed by atoms with van der Waals surface area (Å²) in [7, 11) is 1.69. The van der Waals surface area contributed by atoms with E-state index in [1.165, 1.54) is 5.56 Å². The Morgan fingerprint density at radius 2 is 1.34 bits per heavy atom. The maximum Gasteiger partial charge on any atom is 0.160 e. The van der Waals surface area contributed by atoms with Crippen LogP contribution in [0.4, 0.5) is 5.82 Å². The second-order valence-electron chi connectivity index (χ2n) is 10.3. The Labute approximate surface area is 244 Å². The van der Waals surface area contributed by atoms with Crippen molar-refractivity contribution in [1.82, 2.24) is 14.8 Å². The summed E-state index contributed by atoms with van der Waals surface area (Å²) in [6.45, 7) is 1.53. The molecule has 0 fully saturated rings. The fraction of sp³-hybridized carbons (Fsp3) is 0.143. The monoisotopic (exact) mass is 556 g/mol. The topological polar surface area (TPSA) is 43.2 Å². The van der Waals surface area contributed by atoms with Gasteiger partial charge in [0.15, 0.2) is 5.82 Å². The minimum Gasteiger partial charge on any atom is -0.497 e. The summed E-state index contributed by atoms with van der Waals surface area (Å²) >= 11 is 6.71. The van der Waals surface area contributed by atoms with E-state index < -0.39 is 5.54 Å². The van der Waals surface area contributed by atoms with Crippen LogP contribution in [0.2, 0.25) is 5.15 Å². The molecule has 0 atom stereocenters. The standard InChI is InChI=1S/C35H29ClN4O/c1-41-29-19-17-25(18-20-29)24-39-22-21-30-33-31(23-32(36)37-30)40(38-34(33)39)35(26-11-5-2-6-12-26,27-13-7-3-8-14-27)28-15-9-4-10-16-28/h2-20,23H,21-22,24H2,1H3. The van der Waals surface area contributed by atoms with Crippen molar-refractivity contribution in [2.75, 3.05) is 18.6 Å². The van der Waals surface area contributed by atoms with E-state index >= 15 is 0 Å². The molecular formula is C35H29ClN4O. The summed E-state index contributed by atoms with van der Waals surface area (Å²) in [5.41, 5.74) is 5.74. The smallest absolute Gasteiger partial charge is 0.160 e. The zero-order valence-corrected chi connectivity index (χ0v) is 23.5. The van der Waals surface area contributed by atoms with Gasteiger partial charge in [0.1, 0.15) is 16.4 Å². The molecule has 0 N–H and O–H groups in total. The molecule has 0 unspecified atom stereocenters. The Balaban J connectivity index is 1.52. The molecule has 0 radical (unpaired) electrons. The van der Waals surface area contributed by atoms with Gasteiger partial charge in [0, 0.05) is 25.6 Å². The highest BCUT2D eigenvalue weighted by Crippen LogP contribution is 2.45. The maximum absolute atomic E-state index is 6.71. The zero-order chi connectivity index (χ0) is 27.8. The molecule has 5 nitrogen and oxygen atoms in total. The second-order valence-corrected chi connectivity index (χ2v) is 10.7. The lowest BCUT2D eigenvalue weighted by Crippen LogP contribution is -2.38. The first-order valence-corrected chi connectivity index (χ1v) is 14.2. The minimum atomic E-state index is -0.752. The van der Waals surface area contributed by atoms with Crippen molar-refractivity contribution in [3.63, 3.8) is 0 Å². The summed E-state index contributed by atoms with van der Waals surface area (Å²) in [5.74, 6) is 1.77. The average Bonchev–Trinajstić information content (AvgIpc) is 3.41. The Kier molecular flexibility index (Phi) is 6.44. The minimum absolute atomic E-state index is 0.479. The predicted octanol–water partition coefficient (Wildman–Crippen LogP) is 7.50. The molecular weight excluding hydrogens is 528 g/mol. The van der Waals surface area contributed by atoms with Gasteiger partial charge in [0.2, 0.25) is 0 Å². The number of hydrogen-bond donors (Lipinski definition) is 0. The highest BCUT2D eigenvalue weighted by atomic mass is 35.5. The highest BCUT2D eigenvalue weighted by Gasteiger charge is 2.42. The lowest BCUT2D eigenvalue weighted by molar-refractivity contribution is 0.414. The number of methoxy groups -OCH3 is 1. The molecule has 3 heterocycles. The van der Waals surface area contributed by atoms with Crippen molar-refractivity contribution in [1.29, 1.82) is 0 Å². The molecule has 0 aliphatic carbocycles. The van der Waals surface area contributed by atoms with Crippen LogP contribution in [0.1, 0.15) is 27.9 Å². The molecule has 6 aromatic rings. The number of aromatic nitrogens is 3. The van der Waals surface area contributed by atoms with E-state index in [1.807, 2.05) is 18.2 Å². The molecule has 202 valence electrons. The number of ether oxygens (including phenoxy) is 1. The summed E-state index contributed by atoms with van der Waals surface area (Å²) in [5, 5.41) is 7.03. The van der Waals surface area contributed by atoms with Crippen LogP contribution < -0.4 is 9.64 Å². The number of rotatable bonds is 7. The molecule has 41 heavy (non-hydrogen) atoms. The summed E-state index contributed by atoms with van der Waals surface area (Å²) in [6, 6.07) is 42.1. The third-order valence-corrected chi connectivity index (χ3v) is 8.23. The molecule has 0 spiro atoms. The number of nitrogens with zero attached hydrogens (tertiary/aromatic N) is 4. The summed E-state index contributed by atoms with van der Waals surface area (Å²) in [6.07, 6.45) is 0.793. The van der Waals surface area contributed by atoms with E-state index in [0.29, 0.717) is 5.15 Å². The van der Waals surface area contributed by atoms with E-state index in [2.05, 4.69) is 113 Å². The third kappa shape index (κ3) is 4.25. The van der Waals surface area contributed by atoms with Gasteiger partial charge in [0.25, 0.3) is 0 Å². The molecule has 2 aromatic heterocycles. The Hall–Kier alpha value is -4.61. The van der Waals surface area contributed by atoms with Crippen molar-refractivity contribution in [3.05, 3.63) is 154 Å². The van der Waals surface area contributed by atoms with E-state index in [0.717, 1.165) is 64.4 Å². The van der Waals surface area contributed by atoms with Gasteiger partial charge in [-0.25, -0.2) is 9.67 Å². The zero-order valence-electron chi connectivity index (χ0n) is 22.7. The van der Waals surface area contributed by atoms with Gasteiger partial charge in [-0.3, -0.25) is 0 Å². The van der Waals surface area contributed by atoms with Crippen LogP contribution in [0.25, 0.3) is 10.9 Å². The fourth-order valence-corrected chi connectivity index (χ4v) is 6.38. The molecule has 1 aliphatic heterocycles. The number of hydrogen-bond acceptors (Lipinski definition) is 4. The lowest BCUT2D eigenvalue weighted by Gasteiger charge is -2.37. The molecule has 4 aromatic carbocycles. The van der Waals surface area contributed by atoms with Gasteiger partial charge in [-0.05, 0) is 34.4 Å². The Morgan fingerprint density at radius 1 is 0.780 bits per heavy atom. The van der Waals surface area contributed by atoms with Crippen molar-refractivity contribution < 1.29 is 4.74 Å². The largest absolute Gasteiger partial charge is 0.497 e. The normalized spacial score (nSPS) is 13.0. The van der Waals surface area contributed by atoms with Crippen molar-refractivity contribution >= 4 is 28.3 Å². The fourth-order valence-electron chi connectivity index (χ4n) is 6.17. The van der Waals surface area contributed by atoms with Crippen LogP contribution in [-0.4, -0.2) is 28.4 Å². The number of halogens is 1. The van der Waals surface area contributed by atoms with Gasteiger partial charge < -0.3 is 9.64 Å². The predicted molar refractivity (Wildman–Crippen MR) is 165 cm³/mol. The quantitative estimate of drug-likeness (QED) is 0.151. The van der Waals surface area contributed by atoms with Gasteiger partial charge in [-0.15, -0.1) is 0 Å². The Bertz CT molecular complexity index is 1710. The lowest BCUT2D eigenvalue weighted by atomic mass is 9.77. The van der Waals surface area contributed by atoms with Gasteiger partial charge in [-0.2, -0.15) is 5.10 Å². The van der Waals surface area contributed by atoms with Gasteiger partial charge in [-0.1, -0.05) is 115 Å². The van der Waals surface area contributed by atoms with E-state index in [9.17, 15) is 0 Å². The molecule has 0 saturated carbocycles. The first kappa shape index (κ1) is 25.4. The van der Waals surface area contributed by atoms with Crippen molar-refractivity contribution in [3.8, 4) is 5.75 Å².